The molecule has 0 saturated heterocycles. The molecule has 0 unspecified atom stereocenters. The van der Waals surface area contributed by atoms with E-state index >= 15 is 0 Å². The zero-order chi connectivity index (χ0) is 13.5. The molecular weight excluding hydrogens is 241 g/mol. The van der Waals surface area contributed by atoms with Crippen LogP contribution in [0.5, 0.6) is 0 Å². The first kappa shape index (κ1) is 13.8. The van der Waals surface area contributed by atoms with E-state index in [1.807, 2.05) is 0 Å². The van der Waals surface area contributed by atoms with E-state index in [4.69, 9.17) is 0 Å². The van der Waals surface area contributed by atoms with Gasteiger partial charge in [0.15, 0.2) is 5.96 Å². The van der Waals surface area contributed by atoms with Crippen LogP contribution in [0.4, 0.5) is 4.39 Å². The lowest BCUT2D eigenvalue weighted by Crippen LogP contribution is -2.37. The minimum atomic E-state index is -0.206. The van der Waals surface area contributed by atoms with Crippen molar-refractivity contribution in [2.75, 3.05) is 13.1 Å². The summed E-state index contributed by atoms with van der Waals surface area (Å²) in [5.41, 5.74) is 1.01. The van der Waals surface area contributed by atoms with E-state index in [1.165, 1.54) is 31.4 Å². The Kier molecular flexibility index (Phi) is 5.19. The highest BCUT2D eigenvalue weighted by Crippen LogP contribution is 2.31. The number of hydrogen-bond donors (Lipinski definition) is 2. The molecular formula is C15H22FN3. The number of guanidine groups is 1. The van der Waals surface area contributed by atoms with Crippen LogP contribution in [0.3, 0.4) is 0 Å². The molecule has 104 valence electrons. The van der Waals surface area contributed by atoms with E-state index in [0.717, 1.165) is 30.5 Å². The van der Waals surface area contributed by atoms with Crippen LogP contribution in [0.2, 0.25) is 0 Å². The Balaban J connectivity index is 1.81. The molecule has 1 saturated carbocycles. The van der Waals surface area contributed by atoms with Gasteiger partial charge in [-0.2, -0.15) is 0 Å². The fourth-order valence-corrected chi connectivity index (χ4v) is 1.90. The van der Waals surface area contributed by atoms with Crippen molar-refractivity contribution >= 4 is 5.96 Å². The predicted octanol–water partition coefficient (Wildman–Crippen LogP) is 2.68. The van der Waals surface area contributed by atoms with Gasteiger partial charge in [0.2, 0.25) is 0 Å². The Bertz CT molecular complexity index is 410. The van der Waals surface area contributed by atoms with Crippen LogP contribution in [0.1, 0.15) is 31.7 Å². The molecule has 2 rings (SSSR count). The van der Waals surface area contributed by atoms with Gasteiger partial charge in [-0.05, 0) is 37.0 Å². The van der Waals surface area contributed by atoms with Crippen molar-refractivity contribution in [3.8, 4) is 0 Å². The number of nitrogens with one attached hydrogen (secondary N) is 2. The van der Waals surface area contributed by atoms with E-state index in [-0.39, 0.29) is 5.82 Å². The Morgan fingerprint density at radius 2 is 2.00 bits per heavy atom. The molecule has 0 heterocycles. The summed E-state index contributed by atoms with van der Waals surface area (Å²) < 4.78 is 12.8. The number of benzene rings is 1. The third kappa shape index (κ3) is 5.28. The number of nitrogens with zero attached hydrogens (tertiary/aromatic N) is 1. The number of halogens is 1. The third-order valence-electron chi connectivity index (χ3n) is 3.22. The molecule has 1 aliphatic carbocycles. The van der Waals surface area contributed by atoms with Crippen LogP contribution >= 0.6 is 0 Å². The fourth-order valence-electron chi connectivity index (χ4n) is 1.90. The second-order valence-corrected chi connectivity index (χ2v) is 4.98. The smallest absolute Gasteiger partial charge is 0.191 e. The van der Waals surface area contributed by atoms with Crippen molar-refractivity contribution in [1.29, 1.82) is 0 Å². The molecule has 0 radical (unpaired) electrons. The van der Waals surface area contributed by atoms with Gasteiger partial charge in [0, 0.05) is 13.1 Å². The highest BCUT2D eigenvalue weighted by atomic mass is 19.1. The summed E-state index contributed by atoms with van der Waals surface area (Å²) in [6, 6.07) is 6.48. The van der Waals surface area contributed by atoms with Crippen molar-refractivity contribution in [3.63, 3.8) is 0 Å². The average molecular weight is 263 g/mol. The van der Waals surface area contributed by atoms with Crippen LogP contribution in [0.15, 0.2) is 29.3 Å². The summed E-state index contributed by atoms with van der Waals surface area (Å²) in [4.78, 5) is 4.50. The maximum Gasteiger partial charge on any atom is 0.191 e. The molecule has 1 aromatic rings. The summed E-state index contributed by atoms with van der Waals surface area (Å²) in [7, 11) is 0. The number of hydrogen-bond acceptors (Lipinski definition) is 1. The van der Waals surface area contributed by atoms with Gasteiger partial charge in [-0.3, -0.25) is 0 Å². The Morgan fingerprint density at radius 3 is 2.63 bits per heavy atom. The summed E-state index contributed by atoms with van der Waals surface area (Å²) in [5.74, 6) is 1.56. The van der Waals surface area contributed by atoms with E-state index in [0.29, 0.717) is 6.54 Å². The lowest BCUT2D eigenvalue weighted by atomic mass is 10.2. The van der Waals surface area contributed by atoms with Crippen LogP contribution < -0.4 is 10.6 Å². The molecule has 19 heavy (non-hydrogen) atoms. The third-order valence-corrected chi connectivity index (χ3v) is 3.22. The molecule has 0 bridgehead atoms. The molecule has 0 aromatic heterocycles. The SMILES string of the molecule is CCNC(=NCc1ccc(F)cc1)NCCC1CC1. The Hall–Kier alpha value is -1.58. The van der Waals surface area contributed by atoms with Crippen LogP contribution in [-0.4, -0.2) is 19.0 Å². The van der Waals surface area contributed by atoms with Crippen molar-refractivity contribution in [3.05, 3.63) is 35.6 Å². The predicted molar refractivity (Wildman–Crippen MR) is 76.6 cm³/mol. The van der Waals surface area contributed by atoms with Crippen LogP contribution in [-0.2, 0) is 6.54 Å². The molecule has 0 amide bonds. The molecule has 0 aliphatic heterocycles. The average Bonchev–Trinajstić information content (AvgIpc) is 3.22. The molecule has 2 N–H and O–H groups in total. The molecule has 3 nitrogen and oxygen atoms in total. The summed E-state index contributed by atoms with van der Waals surface area (Å²) in [6.07, 6.45) is 3.98. The summed E-state index contributed by atoms with van der Waals surface area (Å²) >= 11 is 0. The summed E-state index contributed by atoms with van der Waals surface area (Å²) in [6.45, 7) is 4.44. The molecule has 0 atom stereocenters. The normalized spacial score (nSPS) is 15.4. The maximum absolute atomic E-state index is 12.8. The van der Waals surface area contributed by atoms with Crippen molar-refractivity contribution in [2.24, 2.45) is 10.9 Å². The van der Waals surface area contributed by atoms with E-state index in [2.05, 4.69) is 22.5 Å². The van der Waals surface area contributed by atoms with Gasteiger partial charge in [-0.1, -0.05) is 25.0 Å². The largest absolute Gasteiger partial charge is 0.357 e. The van der Waals surface area contributed by atoms with Crippen LogP contribution in [0, 0.1) is 11.7 Å². The summed E-state index contributed by atoms with van der Waals surface area (Å²) in [5, 5.41) is 6.56. The standard InChI is InChI=1S/C15H22FN3/c1-2-17-15(18-10-9-12-3-4-12)19-11-13-5-7-14(16)8-6-13/h5-8,12H,2-4,9-11H2,1H3,(H2,17,18,19). The minimum absolute atomic E-state index is 0.206. The molecule has 1 aliphatic rings. The van der Waals surface area contributed by atoms with Gasteiger partial charge >= 0.3 is 0 Å². The monoisotopic (exact) mass is 263 g/mol. The van der Waals surface area contributed by atoms with Gasteiger partial charge < -0.3 is 10.6 Å². The topological polar surface area (TPSA) is 36.4 Å². The quantitative estimate of drug-likeness (QED) is 0.611. The van der Waals surface area contributed by atoms with E-state index in [1.54, 1.807) is 12.1 Å². The van der Waals surface area contributed by atoms with Crippen LogP contribution in [0.25, 0.3) is 0 Å². The van der Waals surface area contributed by atoms with E-state index in [9.17, 15) is 4.39 Å². The number of aliphatic imine (C=N–C) groups is 1. The van der Waals surface area contributed by atoms with Crippen molar-refractivity contribution < 1.29 is 4.39 Å². The second kappa shape index (κ2) is 7.12. The Morgan fingerprint density at radius 1 is 1.26 bits per heavy atom. The lowest BCUT2D eigenvalue weighted by molar-refractivity contribution is 0.627. The minimum Gasteiger partial charge on any atom is -0.357 e. The van der Waals surface area contributed by atoms with Gasteiger partial charge in [0.1, 0.15) is 5.82 Å². The van der Waals surface area contributed by atoms with Gasteiger partial charge in [0.25, 0.3) is 0 Å². The zero-order valence-electron chi connectivity index (χ0n) is 11.5. The van der Waals surface area contributed by atoms with Gasteiger partial charge in [0.05, 0.1) is 6.54 Å². The second-order valence-electron chi connectivity index (χ2n) is 4.98. The first-order valence-corrected chi connectivity index (χ1v) is 7.04. The molecule has 4 heteroatoms. The first-order chi connectivity index (χ1) is 9.28. The molecule has 1 fully saturated rings. The highest BCUT2D eigenvalue weighted by Gasteiger charge is 2.20. The molecule has 1 aromatic carbocycles. The van der Waals surface area contributed by atoms with Gasteiger partial charge in [-0.25, -0.2) is 9.38 Å². The first-order valence-electron chi connectivity index (χ1n) is 7.04. The van der Waals surface area contributed by atoms with Crippen molar-refractivity contribution in [1.82, 2.24) is 10.6 Å². The number of rotatable bonds is 6. The van der Waals surface area contributed by atoms with Crippen molar-refractivity contribution in [2.45, 2.75) is 32.7 Å². The lowest BCUT2D eigenvalue weighted by Gasteiger charge is -2.10. The molecule has 0 spiro atoms. The zero-order valence-corrected chi connectivity index (χ0v) is 11.5. The Labute approximate surface area is 114 Å². The van der Waals surface area contributed by atoms with E-state index < -0.39 is 0 Å². The highest BCUT2D eigenvalue weighted by molar-refractivity contribution is 5.79. The fraction of sp³-hybridized carbons (Fsp3) is 0.533. The maximum atomic E-state index is 12.8. The van der Waals surface area contributed by atoms with Gasteiger partial charge in [-0.15, -0.1) is 0 Å².